The first-order valence-corrected chi connectivity index (χ1v) is 7.09. The summed E-state index contributed by atoms with van der Waals surface area (Å²) in [6.45, 7) is 2.49. The molecule has 0 spiro atoms. The fourth-order valence-corrected chi connectivity index (χ4v) is 2.48. The van der Waals surface area contributed by atoms with E-state index in [2.05, 4.69) is 22.0 Å². The Labute approximate surface area is 127 Å². The highest BCUT2D eigenvalue weighted by Crippen LogP contribution is 2.28. The fourth-order valence-electron chi connectivity index (χ4n) is 1.94. The highest BCUT2D eigenvalue weighted by atomic mass is 79.9. The molecule has 0 heterocycles. The number of ether oxygens (including phenoxy) is 2. The number of hydrogen-bond acceptors (Lipinski definition) is 3. The van der Waals surface area contributed by atoms with Gasteiger partial charge in [0.1, 0.15) is 18.1 Å². The monoisotopic (exact) mass is 336 g/mol. The second kappa shape index (κ2) is 6.77. The Kier molecular flexibility index (Phi) is 5.04. The lowest BCUT2D eigenvalue weighted by Crippen LogP contribution is -2.00. The van der Waals surface area contributed by atoms with Crippen LogP contribution in [-0.2, 0) is 13.2 Å². The van der Waals surface area contributed by atoms with Crippen molar-refractivity contribution >= 4 is 15.9 Å². The molecular weight excluding hydrogens is 320 g/mol. The lowest BCUT2D eigenvalue weighted by atomic mass is 10.1. The molecule has 0 unspecified atom stereocenters. The summed E-state index contributed by atoms with van der Waals surface area (Å²) < 4.78 is 12.0. The normalized spacial score (nSPS) is 10.4. The largest absolute Gasteiger partial charge is 0.496 e. The average molecular weight is 337 g/mol. The van der Waals surface area contributed by atoms with Crippen LogP contribution in [0.1, 0.15) is 16.7 Å². The van der Waals surface area contributed by atoms with E-state index in [4.69, 9.17) is 14.6 Å². The van der Waals surface area contributed by atoms with Crippen LogP contribution in [0.3, 0.4) is 0 Å². The van der Waals surface area contributed by atoms with Gasteiger partial charge in [-0.1, -0.05) is 17.7 Å². The van der Waals surface area contributed by atoms with Crippen molar-refractivity contribution in [2.24, 2.45) is 0 Å². The Morgan fingerprint density at radius 2 is 1.85 bits per heavy atom. The molecule has 0 amide bonds. The third kappa shape index (κ3) is 3.52. The maximum atomic E-state index is 9.08. The first kappa shape index (κ1) is 14.9. The van der Waals surface area contributed by atoms with E-state index in [1.807, 2.05) is 37.3 Å². The van der Waals surface area contributed by atoms with E-state index in [0.29, 0.717) is 6.61 Å². The number of halogens is 1. The number of benzene rings is 2. The van der Waals surface area contributed by atoms with Gasteiger partial charge in [0.25, 0.3) is 0 Å². The molecule has 2 rings (SSSR count). The summed E-state index contributed by atoms with van der Waals surface area (Å²) in [6.07, 6.45) is 0. The Hall–Kier alpha value is -1.52. The van der Waals surface area contributed by atoms with Gasteiger partial charge in [-0.05, 0) is 52.7 Å². The number of hydrogen-bond donors (Lipinski definition) is 1. The summed E-state index contributed by atoms with van der Waals surface area (Å²) >= 11 is 3.44. The first-order chi connectivity index (χ1) is 9.63. The number of aliphatic hydroxyl groups excluding tert-OH is 1. The van der Waals surface area contributed by atoms with E-state index in [0.717, 1.165) is 27.1 Å². The molecule has 0 aromatic heterocycles. The van der Waals surface area contributed by atoms with Crippen LogP contribution in [0.15, 0.2) is 40.9 Å². The lowest BCUT2D eigenvalue weighted by molar-refractivity contribution is 0.280. The molecule has 0 aliphatic heterocycles. The molecule has 0 saturated carbocycles. The van der Waals surface area contributed by atoms with Gasteiger partial charge in [0.15, 0.2) is 0 Å². The van der Waals surface area contributed by atoms with Crippen LogP contribution in [0.5, 0.6) is 11.5 Å². The highest BCUT2D eigenvalue weighted by molar-refractivity contribution is 9.10. The zero-order valence-electron chi connectivity index (χ0n) is 11.5. The van der Waals surface area contributed by atoms with Crippen molar-refractivity contribution in [1.82, 2.24) is 0 Å². The van der Waals surface area contributed by atoms with Crippen molar-refractivity contribution in [1.29, 1.82) is 0 Å². The van der Waals surface area contributed by atoms with Crippen molar-refractivity contribution in [2.75, 3.05) is 7.11 Å². The molecule has 0 aliphatic rings. The molecule has 106 valence electrons. The molecule has 1 N–H and O–H groups in total. The van der Waals surface area contributed by atoms with Crippen LogP contribution >= 0.6 is 15.9 Å². The zero-order valence-corrected chi connectivity index (χ0v) is 13.1. The number of aryl methyl sites for hydroxylation is 1. The van der Waals surface area contributed by atoms with Gasteiger partial charge in [-0.15, -0.1) is 0 Å². The summed E-state index contributed by atoms with van der Waals surface area (Å²) in [6, 6.07) is 11.5. The van der Waals surface area contributed by atoms with Crippen LogP contribution in [0.4, 0.5) is 0 Å². The van der Waals surface area contributed by atoms with Crippen molar-refractivity contribution in [3.63, 3.8) is 0 Å². The van der Waals surface area contributed by atoms with E-state index >= 15 is 0 Å². The smallest absolute Gasteiger partial charge is 0.134 e. The molecule has 3 nitrogen and oxygen atoms in total. The van der Waals surface area contributed by atoms with Gasteiger partial charge in [0.2, 0.25) is 0 Å². The maximum Gasteiger partial charge on any atom is 0.134 e. The summed E-state index contributed by atoms with van der Waals surface area (Å²) in [5.41, 5.74) is 3.02. The van der Waals surface area contributed by atoms with Crippen molar-refractivity contribution in [2.45, 2.75) is 20.1 Å². The number of rotatable bonds is 5. The molecule has 0 radical (unpaired) electrons. The Bertz CT molecular complexity index is 596. The fraction of sp³-hybridized carbons (Fsp3) is 0.250. The molecule has 0 saturated heterocycles. The van der Waals surface area contributed by atoms with Crippen molar-refractivity contribution in [3.8, 4) is 11.5 Å². The van der Waals surface area contributed by atoms with Crippen molar-refractivity contribution in [3.05, 3.63) is 57.6 Å². The predicted molar refractivity (Wildman–Crippen MR) is 82.1 cm³/mol. The van der Waals surface area contributed by atoms with Gasteiger partial charge in [0.05, 0.1) is 18.2 Å². The number of aliphatic hydroxyl groups is 1. The first-order valence-electron chi connectivity index (χ1n) is 6.29. The molecule has 2 aromatic rings. The molecule has 0 atom stereocenters. The van der Waals surface area contributed by atoms with Crippen LogP contribution in [0.2, 0.25) is 0 Å². The summed E-state index contributed by atoms with van der Waals surface area (Å²) in [7, 11) is 1.65. The molecule has 0 fully saturated rings. The highest BCUT2D eigenvalue weighted by Gasteiger charge is 2.07. The Morgan fingerprint density at radius 1 is 1.10 bits per heavy atom. The molecular formula is C16H17BrO3. The molecule has 2 aromatic carbocycles. The van der Waals surface area contributed by atoms with E-state index in [1.54, 1.807) is 7.11 Å². The molecule has 20 heavy (non-hydrogen) atoms. The average Bonchev–Trinajstić information content (AvgIpc) is 2.46. The van der Waals surface area contributed by atoms with Crippen LogP contribution in [-0.4, -0.2) is 12.2 Å². The quantitative estimate of drug-likeness (QED) is 0.901. The van der Waals surface area contributed by atoms with Gasteiger partial charge in [-0.2, -0.15) is 0 Å². The van der Waals surface area contributed by atoms with Gasteiger partial charge >= 0.3 is 0 Å². The van der Waals surface area contributed by atoms with Crippen LogP contribution in [0, 0.1) is 6.92 Å². The van der Waals surface area contributed by atoms with Crippen LogP contribution < -0.4 is 9.47 Å². The van der Waals surface area contributed by atoms with Crippen LogP contribution in [0.25, 0.3) is 0 Å². The second-order valence-electron chi connectivity index (χ2n) is 4.53. The van der Waals surface area contributed by atoms with E-state index in [1.165, 1.54) is 5.56 Å². The maximum absolute atomic E-state index is 9.08. The van der Waals surface area contributed by atoms with Gasteiger partial charge < -0.3 is 14.6 Å². The van der Waals surface area contributed by atoms with E-state index in [-0.39, 0.29) is 6.61 Å². The van der Waals surface area contributed by atoms with Gasteiger partial charge in [0, 0.05) is 5.56 Å². The Morgan fingerprint density at radius 3 is 2.50 bits per heavy atom. The zero-order chi connectivity index (χ0) is 14.5. The third-order valence-electron chi connectivity index (χ3n) is 3.00. The van der Waals surface area contributed by atoms with E-state index < -0.39 is 0 Å². The summed E-state index contributed by atoms with van der Waals surface area (Å²) in [5.74, 6) is 1.56. The minimum Gasteiger partial charge on any atom is -0.496 e. The lowest BCUT2D eigenvalue weighted by Gasteiger charge is -2.12. The third-order valence-corrected chi connectivity index (χ3v) is 3.62. The van der Waals surface area contributed by atoms with E-state index in [9.17, 15) is 0 Å². The molecule has 4 heteroatoms. The second-order valence-corrected chi connectivity index (χ2v) is 5.38. The van der Waals surface area contributed by atoms with Crippen molar-refractivity contribution < 1.29 is 14.6 Å². The SMILES string of the molecule is COc1ccc(C)cc1COc1ccc(CO)cc1Br. The molecule has 0 aliphatic carbocycles. The summed E-state index contributed by atoms with van der Waals surface area (Å²) in [4.78, 5) is 0. The minimum atomic E-state index is 0.0184. The topological polar surface area (TPSA) is 38.7 Å². The Balaban J connectivity index is 2.14. The number of methoxy groups -OCH3 is 1. The molecule has 0 bridgehead atoms. The predicted octanol–water partition coefficient (Wildman–Crippen LogP) is 3.84. The van der Waals surface area contributed by atoms with Gasteiger partial charge in [-0.25, -0.2) is 0 Å². The summed E-state index contributed by atoms with van der Waals surface area (Å²) in [5, 5.41) is 9.08. The van der Waals surface area contributed by atoms with Gasteiger partial charge in [-0.3, -0.25) is 0 Å². The minimum absolute atomic E-state index is 0.0184. The standard InChI is InChI=1S/C16H17BrO3/c1-11-3-5-15(19-2)13(7-11)10-20-16-6-4-12(9-18)8-14(16)17/h3-8,18H,9-10H2,1-2H3.